The van der Waals surface area contributed by atoms with Crippen molar-refractivity contribution in [2.24, 2.45) is 0 Å². The van der Waals surface area contributed by atoms with E-state index in [1.54, 1.807) is 0 Å². The molecule has 0 saturated carbocycles. The third-order valence-electron chi connectivity index (χ3n) is 2.93. The molecule has 0 radical (unpaired) electrons. The third kappa shape index (κ3) is 3.98. The van der Waals surface area contributed by atoms with E-state index in [-0.39, 0.29) is 12.2 Å². The van der Waals surface area contributed by atoms with Crippen LogP contribution in [0.1, 0.15) is 27.7 Å². The Morgan fingerprint density at radius 3 is 2.00 bits per heavy atom. The van der Waals surface area contributed by atoms with Crippen molar-refractivity contribution in [3.63, 3.8) is 0 Å². The zero-order valence-electron chi connectivity index (χ0n) is 13.1. The summed E-state index contributed by atoms with van der Waals surface area (Å²) in [5.74, 6) is 1.73. The quantitative estimate of drug-likeness (QED) is 0.761. The summed E-state index contributed by atoms with van der Waals surface area (Å²) >= 11 is 0. The number of hydrogen-bond donors (Lipinski definition) is 0. The van der Waals surface area contributed by atoms with Crippen molar-refractivity contribution in [2.45, 2.75) is 39.9 Å². The normalized spacial score (nSPS) is 11.0. The molecule has 0 aliphatic carbocycles. The van der Waals surface area contributed by atoms with Gasteiger partial charge in [-0.1, -0.05) is 30.3 Å². The number of benzene rings is 2. The molecule has 0 amide bonds. The van der Waals surface area contributed by atoms with Crippen LogP contribution in [0.2, 0.25) is 0 Å². The highest BCUT2D eigenvalue weighted by Gasteiger charge is 2.17. The summed E-state index contributed by atoms with van der Waals surface area (Å²) in [6.07, 6.45) is 0.232. The minimum atomic E-state index is 0.112. The van der Waals surface area contributed by atoms with Crippen molar-refractivity contribution in [1.29, 1.82) is 0 Å². The second-order valence-corrected chi connectivity index (χ2v) is 6.18. The van der Waals surface area contributed by atoms with Crippen molar-refractivity contribution >= 4 is 14.5 Å². The maximum atomic E-state index is 6.05. The van der Waals surface area contributed by atoms with Crippen LogP contribution in [-0.2, 0) is 0 Å². The highest BCUT2D eigenvalue weighted by molar-refractivity contribution is 7.27. The van der Waals surface area contributed by atoms with Gasteiger partial charge in [0.1, 0.15) is 11.5 Å². The van der Waals surface area contributed by atoms with Gasteiger partial charge in [-0.15, -0.1) is 9.24 Å². The molecule has 2 aromatic carbocycles. The molecule has 0 saturated heterocycles. The zero-order valence-corrected chi connectivity index (χ0v) is 14.2. The van der Waals surface area contributed by atoms with Crippen LogP contribution in [0.4, 0.5) is 0 Å². The van der Waals surface area contributed by atoms with Gasteiger partial charge < -0.3 is 9.47 Å². The van der Waals surface area contributed by atoms with Crippen molar-refractivity contribution in [1.82, 2.24) is 0 Å². The molecule has 0 aromatic heterocycles. The summed E-state index contributed by atoms with van der Waals surface area (Å²) in [6.45, 7) is 8.14. The Morgan fingerprint density at radius 1 is 0.810 bits per heavy atom. The number of ether oxygens (including phenoxy) is 2. The monoisotopic (exact) mass is 302 g/mol. The first-order valence-electron chi connectivity index (χ1n) is 7.30. The van der Waals surface area contributed by atoms with Crippen molar-refractivity contribution in [3.8, 4) is 22.6 Å². The number of rotatable bonds is 5. The predicted molar refractivity (Wildman–Crippen MR) is 92.8 cm³/mol. The van der Waals surface area contributed by atoms with E-state index in [1.807, 2.05) is 58.0 Å². The van der Waals surface area contributed by atoms with Gasteiger partial charge in [0.2, 0.25) is 0 Å². The molecule has 0 aliphatic heterocycles. The minimum absolute atomic E-state index is 0.112. The van der Waals surface area contributed by atoms with Gasteiger partial charge in [0.15, 0.2) is 0 Å². The highest BCUT2D eigenvalue weighted by Crippen LogP contribution is 2.39. The Hall–Kier alpha value is -1.53. The van der Waals surface area contributed by atoms with Gasteiger partial charge in [0, 0.05) is 5.30 Å². The van der Waals surface area contributed by atoms with E-state index in [9.17, 15) is 0 Å². The molecule has 3 heteroatoms. The van der Waals surface area contributed by atoms with Gasteiger partial charge in [-0.25, -0.2) is 0 Å². The molecule has 0 fully saturated rings. The Morgan fingerprint density at radius 2 is 1.43 bits per heavy atom. The highest BCUT2D eigenvalue weighted by atomic mass is 31.0. The molecule has 112 valence electrons. The third-order valence-corrected chi connectivity index (χ3v) is 3.38. The average Bonchev–Trinajstić information content (AvgIpc) is 2.42. The van der Waals surface area contributed by atoms with Crippen LogP contribution in [0.5, 0.6) is 11.5 Å². The first-order chi connectivity index (χ1) is 9.99. The fourth-order valence-electron chi connectivity index (χ4n) is 2.17. The molecule has 0 aliphatic rings. The minimum Gasteiger partial charge on any atom is -0.490 e. The number of hydrogen-bond acceptors (Lipinski definition) is 2. The Bertz CT molecular complexity index is 592. The molecule has 0 heterocycles. The molecule has 2 aromatic rings. The average molecular weight is 302 g/mol. The predicted octanol–water partition coefficient (Wildman–Crippen LogP) is 4.43. The molecule has 1 unspecified atom stereocenters. The second kappa shape index (κ2) is 6.95. The van der Waals surface area contributed by atoms with Crippen LogP contribution >= 0.6 is 9.24 Å². The Balaban J connectivity index is 2.62. The first kappa shape index (κ1) is 15.9. The van der Waals surface area contributed by atoms with Gasteiger partial charge in [-0.3, -0.25) is 0 Å². The van der Waals surface area contributed by atoms with Crippen molar-refractivity contribution < 1.29 is 9.47 Å². The lowest BCUT2D eigenvalue weighted by Gasteiger charge is -2.21. The summed E-state index contributed by atoms with van der Waals surface area (Å²) in [7, 11) is 2.75. The van der Waals surface area contributed by atoms with E-state index < -0.39 is 0 Å². The Kier molecular flexibility index (Phi) is 5.25. The summed E-state index contributed by atoms with van der Waals surface area (Å²) in [6, 6.07) is 14.3. The van der Waals surface area contributed by atoms with E-state index in [0.29, 0.717) is 0 Å². The van der Waals surface area contributed by atoms with E-state index in [2.05, 4.69) is 21.4 Å². The largest absolute Gasteiger partial charge is 0.490 e. The van der Waals surface area contributed by atoms with Crippen LogP contribution in [0.3, 0.4) is 0 Å². The Labute approximate surface area is 129 Å². The second-order valence-electron chi connectivity index (χ2n) is 5.56. The summed E-state index contributed by atoms with van der Waals surface area (Å²) < 4.78 is 12.0. The first-order valence-corrected chi connectivity index (χ1v) is 7.88. The maximum Gasteiger partial charge on any atom is 0.138 e. The van der Waals surface area contributed by atoms with Crippen LogP contribution in [0.25, 0.3) is 11.1 Å². The lowest BCUT2D eigenvalue weighted by atomic mass is 10.0. The molecule has 2 nitrogen and oxygen atoms in total. The topological polar surface area (TPSA) is 18.5 Å². The molecule has 0 bridgehead atoms. The summed E-state index contributed by atoms with van der Waals surface area (Å²) in [4.78, 5) is 0. The van der Waals surface area contributed by atoms with E-state index in [1.165, 1.54) is 0 Å². The molecule has 0 N–H and O–H groups in total. The zero-order chi connectivity index (χ0) is 15.4. The fourth-order valence-corrected chi connectivity index (χ4v) is 2.48. The van der Waals surface area contributed by atoms with Crippen LogP contribution < -0.4 is 14.8 Å². The molecule has 21 heavy (non-hydrogen) atoms. The molecular formula is C18H23O2P. The molecule has 2 rings (SSSR count). The van der Waals surface area contributed by atoms with Crippen LogP contribution in [0, 0.1) is 0 Å². The van der Waals surface area contributed by atoms with E-state index >= 15 is 0 Å². The van der Waals surface area contributed by atoms with Crippen LogP contribution in [0.15, 0.2) is 42.5 Å². The van der Waals surface area contributed by atoms with E-state index in [4.69, 9.17) is 9.47 Å². The lowest BCUT2D eigenvalue weighted by molar-refractivity contribution is 0.232. The van der Waals surface area contributed by atoms with E-state index in [0.717, 1.165) is 27.9 Å². The van der Waals surface area contributed by atoms with Gasteiger partial charge in [0.25, 0.3) is 0 Å². The standard InChI is InChI=1S/C18H23O2P/c1-12(2)19-15-10-11-16(21)18(20-13(3)4)17(15)14-8-6-5-7-9-14/h5-13H,21H2,1-4H3. The van der Waals surface area contributed by atoms with Crippen molar-refractivity contribution in [3.05, 3.63) is 42.5 Å². The SMILES string of the molecule is CC(C)Oc1ccc(P)c(OC(C)C)c1-c1ccccc1. The van der Waals surface area contributed by atoms with Gasteiger partial charge in [-0.05, 0) is 45.4 Å². The summed E-state index contributed by atoms with van der Waals surface area (Å²) in [5.41, 5.74) is 2.12. The maximum absolute atomic E-state index is 6.05. The lowest BCUT2D eigenvalue weighted by Crippen LogP contribution is -2.14. The smallest absolute Gasteiger partial charge is 0.138 e. The molecule has 1 atom stereocenters. The van der Waals surface area contributed by atoms with Gasteiger partial charge >= 0.3 is 0 Å². The van der Waals surface area contributed by atoms with Crippen molar-refractivity contribution in [2.75, 3.05) is 0 Å². The summed E-state index contributed by atoms with van der Waals surface area (Å²) in [5, 5.41) is 1.04. The van der Waals surface area contributed by atoms with Gasteiger partial charge in [0.05, 0.1) is 17.8 Å². The van der Waals surface area contributed by atoms with Crippen LogP contribution in [-0.4, -0.2) is 12.2 Å². The molecule has 0 spiro atoms. The fraction of sp³-hybridized carbons (Fsp3) is 0.333. The molecular weight excluding hydrogens is 279 g/mol. The van der Waals surface area contributed by atoms with Gasteiger partial charge in [-0.2, -0.15) is 0 Å².